The average Bonchev–Trinajstić information content (AvgIpc) is 2.11. The van der Waals surface area contributed by atoms with Crippen molar-refractivity contribution < 1.29 is 4.79 Å². The van der Waals surface area contributed by atoms with Crippen LogP contribution in [-0.4, -0.2) is 29.5 Å². The number of carbonyl (C=O) groups is 1. The Bertz CT molecular complexity index is 174. The molecule has 0 saturated carbocycles. The van der Waals surface area contributed by atoms with Gasteiger partial charge in [0.25, 0.3) is 0 Å². The molecular formula is C9H19N3O. The van der Waals surface area contributed by atoms with Gasteiger partial charge in [-0.05, 0) is 26.7 Å². The Balaban J connectivity index is 2.48. The maximum atomic E-state index is 11.1. The van der Waals surface area contributed by atoms with Gasteiger partial charge in [-0.2, -0.15) is 0 Å². The summed E-state index contributed by atoms with van der Waals surface area (Å²) in [5.74, 6) is -0.0967. The molecule has 0 aromatic heterocycles. The fraction of sp³-hybridized carbons (Fsp3) is 0.889. The second-order valence-corrected chi connectivity index (χ2v) is 3.78. The minimum absolute atomic E-state index is 0.0654. The van der Waals surface area contributed by atoms with Gasteiger partial charge >= 0.3 is 0 Å². The summed E-state index contributed by atoms with van der Waals surface area (Å²) in [5, 5.41) is 2.03. The number of nitrogens with two attached hydrogens (primary N) is 1. The van der Waals surface area contributed by atoms with Crippen LogP contribution in [0, 0.1) is 0 Å². The number of rotatable bonds is 2. The van der Waals surface area contributed by atoms with E-state index in [1.807, 2.05) is 5.01 Å². The molecule has 1 rings (SSSR count). The monoisotopic (exact) mass is 185 g/mol. The molecule has 2 unspecified atom stereocenters. The zero-order valence-electron chi connectivity index (χ0n) is 8.42. The van der Waals surface area contributed by atoms with Gasteiger partial charge in [0, 0.05) is 12.1 Å². The quantitative estimate of drug-likeness (QED) is 0.648. The Morgan fingerprint density at radius 1 is 1.46 bits per heavy atom. The number of nitrogens with one attached hydrogen (secondary N) is 1. The highest BCUT2D eigenvalue weighted by Gasteiger charge is 2.25. The minimum Gasteiger partial charge on any atom is -0.322 e. The van der Waals surface area contributed by atoms with Gasteiger partial charge in [-0.1, -0.05) is 6.42 Å². The predicted octanol–water partition coefficient (Wildman–Crippen LogP) is 0.239. The minimum atomic E-state index is -0.0967. The Kier molecular flexibility index (Phi) is 3.69. The summed E-state index contributed by atoms with van der Waals surface area (Å²) in [6, 6.07) is 0.860. The van der Waals surface area contributed by atoms with E-state index in [9.17, 15) is 4.79 Å². The molecule has 0 aromatic rings. The van der Waals surface area contributed by atoms with Crippen LogP contribution >= 0.6 is 0 Å². The van der Waals surface area contributed by atoms with E-state index >= 15 is 0 Å². The zero-order valence-corrected chi connectivity index (χ0v) is 8.42. The Labute approximate surface area is 79.4 Å². The fourth-order valence-corrected chi connectivity index (χ4v) is 1.83. The third-order valence-corrected chi connectivity index (χ3v) is 2.63. The van der Waals surface area contributed by atoms with E-state index in [1.54, 1.807) is 0 Å². The number of hydrogen-bond acceptors (Lipinski definition) is 3. The molecule has 0 aliphatic carbocycles. The SMILES string of the molecule is CC1CCCC(C)N1NC(=O)CN. The highest BCUT2D eigenvalue weighted by Crippen LogP contribution is 2.19. The molecule has 0 radical (unpaired) electrons. The first-order valence-corrected chi connectivity index (χ1v) is 4.93. The molecule has 13 heavy (non-hydrogen) atoms. The first-order chi connectivity index (χ1) is 6.15. The smallest absolute Gasteiger partial charge is 0.248 e. The van der Waals surface area contributed by atoms with Crippen LogP contribution in [0.5, 0.6) is 0 Å². The lowest BCUT2D eigenvalue weighted by atomic mass is 10.00. The molecule has 1 aliphatic rings. The van der Waals surface area contributed by atoms with Crippen molar-refractivity contribution in [1.29, 1.82) is 0 Å². The third kappa shape index (κ3) is 2.67. The molecule has 0 spiro atoms. The van der Waals surface area contributed by atoms with Crippen LogP contribution in [0.15, 0.2) is 0 Å². The molecule has 1 heterocycles. The molecule has 76 valence electrons. The van der Waals surface area contributed by atoms with Crippen molar-refractivity contribution in [3.05, 3.63) is 0 Å². The maximum absolute atomic E-state index is 11.1. The number of hydrogen-bond donors (Lipinski definition) is 2. The summed E-state index contributed by atoms with van der Waals surface area (Å²) in [6.07, 6.45) is 3.54. The molecule has 4 nitrogen and oxygen atoms in total. The molecule has 1 fully saturated rings. The van der Waals surface area contributed by atoms with Gasteiger partial charge < -0.3 is 5.73 Å². The van der Waals surface area contributed by atoms with Crippen molar-refractivity contribution in [2.45, 2.75) is 45.2 Å². The van der Waals surface area contributed by atoms with E-state index in [-0.39, 0.29) is 12.5 Å². The van der Waals surface area contributed by atoms with Crippen LogP contribution in [0.1, 0.15) is 33.1 Å². The van der Waals surface area contributed by atoms with Crippen molar-refractivity contribution in [3.63, 3.8) is 0 Å². The molecule has 3 N–H and O–H groups in total. The van der Waals surface area contributed by atoms with Crippen molar-refractivity contribution in [1.82, 2.24) is 10.4 Å². The number of piperidine rings is 1. The van der Waals surface area contributed by atoms with E-state index in [0.717, 1.165) is 12.8 Å². The second-order valence-electron chi connectivity index (χ2n) is 3.78. The van der Waals surface area contributed by atoms with Crippen LogP contribution in [0.4, 0.5) is 0 Å². The lowest BCUT2D eigenvalue weighted by molar-refractivity contribution is -0.127. The van der Waals surface area contributed by atoms with Gasteiger partial charge in [-0.3, -0.25) is 10.2 Å². The molecular weight excluding hydrogens is 166 g/mol. The van der Waals surface area contributed by atoms with Crippen LogP contribution in [0.2, 0.25) is 0 Å². The van der Waals surface area contributed by atoms with Crippen LogP contribution < -0.4 is 11.2 Å². The normalized spacial score (nSPS) is 30.1. The fourth-order valence-electron chi connectivity index (χ4n) is 1.83. The van der Waals surface area contributed by atoms with Crippen LogP contribution in [-0.2, 0) is 4.79 Å². The van der Waals surface area contributed by atoms with E-state index in [2.05, 4.69) is 19.3 Å². The summed E-state index contributed by atoms with van der Waals surface area (Å²) in [4.78, 5) is 11.1. The average molecular weight is 185 g/mol. The van der Waals surface area contributed by atoms with Gasteiger partial charge in [0.05, 0.1) is 6.54 Å². The van der Waals surface area contributed by atoms with Gasteiger partial charge in [0.2, 0.25) is 5.91 Å². The molecule has 2 atom stereocenters. The first kappa shape index (κ1) is 10.5. The van der Waals surface area contributed by atoms with Crippen molar-refractivity contribution in [3.8, 4) is 0 Å². The molecule has 0 aromatic carbocycles. The van der Waals surface area contributed by atoms with Gasteiger partial charge in [0.15, 0.2) is 0 Å². The highest BCUT2D eigenvalue weighted by molar-refractivity contribution is 5.77. The second kappa shape index (κ2) is 4.58. The first-order valence-electron chi connectivity index (χ1n) is 4.93. The topological polar surface area (TPSA) is 58.4 Å². The van der Waals surface area contributed by atoms with E-state index < -0.39 is 0 Å². The number of hydrazine groups is 1. The summed E-state index contributed by atoms with van der Waals surface area (Å²) < 4.78 is 0. The Hall–Kier alpha value is -0.610. The molecule has 1 saturated heterocycles. The van der Waals surface area contributed by atoms with E-state index in [0.29, 0.717) is 12.1 Å². The van der Waals surface area contributed by atoms with E-state index in [1.165, 1.54) is 6.42 Å². The maximum Gasteiger partial charge on any atom is 0.248 e. The highest BCUT2D eigenvalue weighted by atomic mass is 16.2. The Morgan fingerprint density at radius 2 is 2.00 bits per heavy atom. The number of nitrogens with zero attached hydrogens (tertiary/aromatic N) is 1. The summed E-state index contributed by atoms with van der Waals surface area (Å²) in [5.41, 5.74) is 8.08. The lowest BCUT2D eigenvalue weighted by Gasteiger charge is -2.38. The van der Waals surface area contributed by atoms with E-state index in [4.69, 9.17) is 5.73 Å². The molecule has 4 heteroatoms. The van der Waals surface area contributed by atoms with Gasteiger partial charge in [0.1, 0.15) is 0 Å². The summed E-state index contributed by atoms with van der Waals surface area (Å²) >= 11 is 0. The Morgan fingerprint density at radius 3 is 2.46 bits per heavy atom. The molecule has 1 amide bonds. The van der Waals surface area contributed by atoms with Crippen molar-refractivity contribution in [2.24, 2.45) is 5.73 Å². The van der Waals surface area contributed by atoms with Gasteiger partial charge in [-0.15, -0.1) is 0 Å². The predicted molar refractivity (Wildman–Crippen MR) is 51.8 cm³/mol. The van der Waals surface area contributed by atoms with Gasteiger partial charge in [-0.25, -0.2) is 5.01 Å². The van der Waals surface area contributed by atoms with Crippen LogP contribution in [0.3, 0.4) is 0 Å². The molecule has 0 bridgehead atoms. The summed E-state index contributed by atoms with van der Waals surface area (Å²) in [6.45, 7) is 4.33. The number of amides is 1. The van der Waals surface area contributed by atoms with Crippen molar-refractivity contribution in [2.75, 3.05) is 6.54 Å². The lowest BCUT2D eigenvalue weighted by Crippen LogP contribution is -2.55. The van der Waals surface area contributed by atoms with Crippen molar-refractivity contribution >= 4 is 5.91 Å². The third-order valence-electron chi connectivity index (χ3n) is 2.63. The summed E-state index contributed by atoms with van der Waals surface area (Å²) in [7, 11) is 0. The number of carbonyl (C=O) groups excluding carboxylic acids is 1. The largest absolute Gasteiger partial charge is 0.322 e. The molecule has 1 aliphatic heterocycles. The standard InChI is InChI=1S/C9H19N3O/c1-7-4-3-5-8(2)12(7)11-9(13)6-10/h7-8H,3-6,10H2,1-2H3,(H,11,13). The van der Waals surface area contributed by atoms with Crippen LogP contribution in [0.25, 0.3) is 0 Å². The zero-order chi connectivity index (χ0) is 9.84.